The van der Waals surface area contributed by atoms with Gasteiger partial charge in [0, 0.05) is 0 Å². The normalized spacial score (nSPS) is 20.1. The van der Waals surface area contributed by atoms with Crippen molar-refractivity contribution in [3.63, 3.8) is 0 Å². The number of rotatable bonds is 2. The molecule has 0 bridgehead atoms. The van der Waals surface area contributed by atoms with Crippen LogP contribution in [0.3, 0.4) is 0 Å². The summed E-state index contributed by atoms with van der Waals surface area (Å²) in [6, 6.07) is 6.56. The van der Waals surface area contributed by atoms with Gasteiger partial charge in [0.05, 0.1) is 7.11 Å². The molecule has 0 radical (unpaired) electrons. The Hall–Kier alpha value is -0.980. The fraction of sp³-hybridized carbons (Fsp3) is 0.571. The van der Waals surface area contributed by atoms with Crippen molar-refractivity contribution in [3.8, 4) is 5.75 Å². The molecule has 0 fully saturated rings. The van der Waals surface area contributed by atoms with Gasteiger partial charge in [0.25, 0.3) is 0 Å². The number of hydrogen-bond donors (Lipinski definition) is 0. The van der Waals surface area contributed by atoms with Crippen molar-refractivity contribution < 1.29 is 4.74 Å². The van der Waals surface area contributed by atoms with Crippen LogP contribution in [0.2, 0.25) is 0 Å². The maximum absolute atomic E-state index is 5.31. The van der Waals surface area contributed by atoms with Gasteiger partial charge in [0.1, 0.15) is 5.75 Å². The largest absolute Gasteiger partial charge is 0.497 e. The Labute approximate surface area is 92.5 Å². The topological polar surface area (TPSA) is 9.23 Å². The van der Waals surface area contributed by atoms with Crippen molar-refractivity contribution in [2.75, 3.05) is 7.11 Å². The summed E-state index contributed by atoms with van der Waals surface area (Å²) in [4.78, 5) is 0. The fourth-order valence-corrected chi connectivity index (χ4v) is 2.63. The minimum Gasteiger partial charge on any atom is -0.497 e. The summed E-state index contributed by atoms with van der Waals surface area (Å²) >= 11 is 0. The standard InChI is InChI=1S/C14H20O/c1-10(2)13-6-4-5-11-7-8-12(15-3)9-14(11)13/h7-10,13H,4-6H2,1-3H3. The Morgan fingerprint density at radius 1 is 1.33 bits per heavy atom. The van der Waals surface area contributed by atoms with Crippen LogP contribution >= 0.6 is 0 Å². The molecule has 0 saturated heterocycles. The number of fused-ring (bicyclic) bond motifs is 1. The van der Waals surface area contributed by atoms with Crippen LogP contribution in [-0.2, 0) is 6.42 Å². The predicted octanol–water partition coefficient (Wildman–Crippen LogP) is 3.77. The van der Waals surface area contributed by atoms with E-state index in [1.165, 1.54) is 30.4 Å². The summed E-state index contributed by atoms with van der Waals surface area (Å²) in [7, 11) is 1.74. The first-order valence-corrected chi connectivity index (χ1v) is 5.89. The molecule has 0 heterocycles. The number of aryl methyl sites for hydroxylation is 1. The first-order valence-electron chi connectivity index (χ1n) is 5.89. The maximum Gasteiger partial charge on any atom is 0.119 e. The highest BCUT2D eigenvalue weighted by Gasteiger charge is 2.23. The smallest absolute Gasteiger partial charge is 0.119 e. The molecule has 82 valence electrons. The molecule has 1 heteroatoms. The highest BCUT2D eigenvalue weighted by molar-refractivity contribution is 5.39. The molecule has 0 saturated carbocycles. The number of benzene rings is 1. The molecule has 0 amide bonds. The monoisotopic (exact) mass is 204 g/mol. The van der Waals surface area contributed by atoms with E-state index in [2.05, 4.69) is 32.0 Å². The van der Waals surface area contributed by atoms with Crippen LogP contribution in [0.15, 0.2) is 18.2 Å². The predicted molar refractivity (Wildman–Crippen MR) is 63.5 cm³/mol. The average Bonchev–Trinajstić information content (AvgIpc) is 2.27. The van der Waals surface area contributed by atoms with Crippen molar-refractivity contribution in [2.24, 2.45) is 5.92 Å². The molecule has 15 heavy (non-hydrogen) atoms. The van der Waals surface area contributed by atoms with E-state index >= 15 is 0 Å². The van der Waals surface area contributed by atoms with E-state index in [0.717, 1.165) is 17.6 Å². The van der Waals surface area contributed by atoms with E-state index < -0.39 is 0 Å². The molecule has 2 rings (SSSR count). The van der Waals surface area contributed by atoms with E-state index in [-0.39, 0.29) is 0 Å². The van der Waals surface area contributed by atoms with Crippen LogP contribution < -0.4 is 4.74 Å². The Morgan fingerprint density at radius 2 is 2.13 bits per heavy atom. The van der Waals surface area contributed by atoms with Gasteiger partial charge in [0.2, 0.25) is 0 Å². The summed E-state index contributed by atoms with van der Waals surface area (Å²) in [5, 5.41) is 0. The van der Waals surface area contributed by atoms with Crippen molar-refractivity contribution in [1.29, 1.82) is 0 Å². The third-order valence-electron chi connectivity index (χ3n) is 3.52. The third kappa shape index (κ3) is 2.01. The minimum absolute atomic E-state index is 0.726. The van der Waals surface area contributed by atoms with Crippen LogP contribution in [0, 0.1) is 5.92 Å². The van der Waals surface area contributed by atoms with E-state index in [0.29, 0.717) is 0 Å². The zero-order valence-corrected chi connectivity index (χ0v) is 9.92. The Kier molecular flexibility index (Phi) is 2.99. The Bertz CT molecular complexity index is 341. The second-order valence-corrected chi connectivity index (χ2v) is 4.81. The highest BCUT2D eigenvalue weighted by atomic mass is 16.5. The van der Waals surface area contributed by atoms with E-state index in [9.17, 15) is 0 Å². The van der Waals surface area contributed by atoms with Crippen LogP contribution in [0.4, 0.5) is 0 Å². The summed E-state index contributed by atoms with van der Waals surface area (Å²) < 4.78 is 5.31. The first kappa shape index (κ1) is 10.5. The van der Waals surface area contributed by atoms with E-state index in [1.54, 1.807) is 7.11 Å². The minimum atomic E-state index is 0.726. The van der Waals surface area contributed by atoms with Crippen LogP contribution in [0.25, 0.3) is 0 Å². The van der Waals surface area contributed by atoms with Gasteiger partial charge in [-0.25, -0.2) is 0 Å². The maximum atomic E-state index is 5.31. The van der Waals surface area contributed by atoms with Crippen LogP contribution in [0.1, 0.15) is 43.7 Å². The molecule has 1 unspecified atom stereocenters. The zero-order valence-electron chi connectivity index (χ0n) is 9.92. The van der Waals surface area contributed by atoms with Crippen molar-refractivity contribution in [3.05, 3.63) is 29.3 Å². The van der Waals surface area contributed by atoms with Crippen molar-refractivity contribution in [1.82, 2.24) is 0 Å². The van der Waals surface area contributed by atoms with Gasteiger partial charge in [-0.15, -0.1) is 0 Å². The lowest BCUT2D eigenvalue weighted by molar-refractivity contribution is 0.404. The molecule has 1 aromatic carbocycles. The number of ether oxygens (including phenoxy) is 1. The third-order valence-corrected chi connectivity index (χ3v) is 3.52. The van der Waals surface area contributed by atoms with Crippen LogP contribution in [-0.4, -0.2) is 7.11 Å². The summed E-state index contributed by atoms with van der Waals surface area (Å²) in [5.41, 5.74) is 3.05. The van der Waals surface area contributed by atoms with Gasteiger partial charge >= 0.3 is 0 Å². The quantitative estimate of drug-likeness (QED) is 0.712. The number of hydrogen-bond acceptors (Lipinski definition) is 1. The molecule has 1 aliphatic rings. The molecular weight excluding hydrogens is 184 g/mol. The molecular formula is C14H20O. The highest BCUT2D eigenvalue weighted by Crippen LogP contribution is 2.38. The molecule has 0 spiro atoms. The van der Waals surface area contributed by atoms with Crippen molar-refractivity contribution in [2.45, 2.75) is 39.0 Å². The molecule has 0 aliphatic heterocycles. The summed E-state index contributed by atoms with van der Waals surface area (Å²) in [5.74, 6) is 2.46. The van der Waals surface area contributed by atoms with Gasteiger partial charge < -0.3 is 4.74 Å². The Morgan fingerprint density at radius 3 is 2.80 bits per heavy atom. The summed E-state index contributed by atoms with van der Waals surface area (Å²) in [6.45, 7) is 4.64. The lowest BCUT2D eigenvalue weighted by atomic mass is 9.77. The van der Waals surface area contributed by atoms with Crippen LogP contribution in [0.5, 0.6) is 5.75 Å². The second kappa shape index (κ2) is 4.26. The lowest BCUT2D eigenvalue weighted by Gasteiger charge is -2.28. The molecule has 0 N–H and O–H groups in total. The average molecular weight is 204 g/mol. The van der Waals surface area contributed by atoms with E-state index in [4.69, 9.17) is 4.74 Å². The van der Waals surface area contributed by atoms with Gasteiger partial charge in [-0.1, -0.05) is 19.9 Å². The molecule has 1 atom stereocenters. The zero-order chi connectivity index (χ0) is 10.8. The Balaban J connectivity index is 2.39. The molecule has 1 nitrogen and oxygen atoms in total. The molecule has 1 aromatic rings. The van der Waals surface area contributed by atoms with Crippen molar-refractivity contribution >= 4 is 0 Å². The second-order valence-electron chi connectivity index (χ2n) is 4.81. The van der Waals surface area contributed by atoms with E-state index in [1.807, 2.05) is 0 Å². The van der Waals surface area contributed by atoms with Gasteiger partial charge in [-0.05, 0) is 54.4 Å². The molecule has 0 aromatic heterocycles. The fourth-order valence-electron chi connectivity index (χ4n) is 2.63. The van der Waals surface area contributed by atoms with Gasteiger partial charge in [-0.3, -0.25) is 0 Å². The SMILES string of the molecule is COc1ccc2c(c1)C(C(C)C)CCC2. The lowest BCUT2D eigenvalue weighted by Crippen LogP contribution is -2.14. The first-order chi connectivity index (χ1) is 7.22. The summed E-state index contributed by atoms with van der Waals surface area (Å²) in [6.07, 6.45) is 3.91. The van der Waals surface area contributed by atoms with Gasteiger partial charge in [-0.2, -0.15) is 0 Å². The van der Waals surface area contributed by atoms with Gasteiger partial charge in [0.15, 0.2) is 0 Å². The number of methoxy groups -OCH3 is 1. The molecule has 1 aliphatic carbocycles.